The van der Waals surface area contributed by atoms with Crippen LogP contribution < -0.4 is 9.64 Å². The third-order valence-electron chi connectivity index (χ3n) is 5.28. The van der Waals surface area contributed by atoms with Gasteiger partial charge < -0.3 is 14.4 Å². The maximum atomic E-state index is 12.4. The molecular weight excluding hydrogens is 400 g/mol. The highest BCUT2D eigenvalue weighted by Gasteiger charge is 2.35. The van der Waals surface area contributed by atoms with Gasteiger partial charge in [-0.15, -0.1) is 0 Å². The fourth-order valence-corrected chi connectivity index (χ4v) is 5.16. The van der Waals surface area contributed by atoms with Gasteiger partial charge in [0.15, 0.2) is 0 Å². The van der Waals surface area contributed by atoms with Crippen molar-refractivity contribution in [2.24, 2.45) is 0 Å². The number of para-hydroxylation sites is 2. The van der Waals surface area contributed by atoms with Gasteiger partial charge in [0, 0.05) is 36.9 Å². The number of anilines is 1. The van der Waals surface area contributed by atoms with E-state index >= 15 is 0 Å². The molecule has 2 aromatic rings. The van der Waals surface area contributed by atoms with Gasteiger partial charge >= 0.3 is 0 Å². The number of morpholine rings is 1. The number of carbonyl (C=O) groups excluding carboxylic acids is 2. The fraction of sp³-hybridized carbons (Fsp3) is 0.391. The zero-order valence-corrected chi connectivity index (χ0v) is 17.9. The van der Waals surface area contributed by atoms with Crippen LogP contribution in [0, 0.1) is 0 Å². The molecule has 2 amide bonds. The molecule has 0 radical (unpaired) electrons. The predicted octanol–water partition coefficient (Wildman–Crippen LogP) is 3.86. The van der Waals surface area contributed by atoms with Crippen molar-refractivity contribution in [1.29, 1.82) is 0 Å². The average Bonchev–Trinajstić information content (AvgIpc) is 3.17. The number of carbonyl (C=O) groups is 2. The average molecular weight is 427 g/mol. The molecule has 30 heavy (non-hydrogen) atoms. The minimum atomic E-state index is -0.161. The third kappa shape index (κ3) is 4.47. The van der Waals surface area contributed by atoms with Crippen molar-refractivity contribution >= 4 is 29.3 Å². The Bertz CT molecular complexity index is 914. The summed E-state index contributed by atoms with van der Waals surface area (Å²) in [7, 11) is 0. The Hall–Kier alpha value is -2.51. The van der Waals surface area contributed by atoms with E-state index in [1.165, 1.54) is 0 Å². The molecule has 0 aromatic heterocycles. The molecule has 0 bridgehead atoms. The molecule has 7 heteroatoms. The summed E-state index contributed by atoms with van der Waals surface area (Å²) in [6.45, 7) is 4.62. The first-order chi connectivity index (χ1) is 14.6. The molecule has 0 N–H and O–H groups in total. The first kappa shape index (κ1) is 20.8. The molecule has 158 valence electrons. The Kier molecular flexibility index (Phi) is 6.59. The van der Waals surface area contributed by atoms with E-state index < -0.39 is 0 Å². The van der Waals surface area contributed by atoms with Crippen molar-refractivity contribution in [2.75, 3.05) is 37.8 Å². The summed E-state index contributed by atoms with van der Waals surface area (Å²) >= 11 is 1.66. The Morgan fingerprint density at radius 2 is 1.83 bits per heavy atom. The monoisotopic (exact) mass is 426 g/mol. The second-order valence-electron chi connectivity index (χ2n) is 7.31. The van der Waals surface area contributed by atoms with Crippen molar-refractivity contribution in [3.8, 4) is 5.75 Å². The molecule has 4 rings (SSSR count). The zero-order valence-electron chi connectivity index (χ0n) is 17.1. The fourth-order valence-electron chi connectivity index (χ4n) is 3.78. The second-order valence-corrected chi connectivity index (χ2v) is 8.43. The van der Waals surface area contributed by atoms with Gasteiger partial charge in [0.25, 0.3) is 0 Å². The molecule has 1 unspecified atom stereocenters. The number of hydrogen-bond donors (Lipinski definition) is 0. The number of amides is 2. The molecule has 1 atom stereocenters. The van der Waals surface area contributed by atoms with Crippen LogP contribution in [-0.4, -0.2) is 49.6 Å². The van der Waals surface area contributed by atoms with E-state index in [0.717, 1.165) is 21.9 Å². The number of hydrogen-bond acceptors (Lipinski definition) is 5. The van der Waals surface area contributed by atoms with Crippen molar-refractivity contribution < 1.29 is 19.1 Å². The number of fused-ring (bicyclic) bond motifs is 1. The standard InChI is InChI=1S/C23H26N2O4S/c1-17(26)25-19-8-3-5-10-21(19)30-23(25)18-7-2-4-9-20(18)29-14-6-11-22(27)24-12-15-28-16-13-24/h2-5,7-10,23H,6,11-16H2,1H3. The molecular formula is C23H26N2O4S. The summed E-state index contributed by atoms with van der Waals surface area (Å²) in [4.78, 5) is 29.5. The third-order valence-corrected chi connectivity index (χ3v) is 6.57. The summed E-state index contributed by atoms with van der Waals surface area (Å²) in [5.41, 5.74) is 1.90. The molecule has 0 aliphatic carbocycles. The second kappa shape index (κ2) is 9.53. The Morgan fingerprint density at radius 1 is 1.10 bits per heavy atom. The van der Waals surface area contributed by atoms with Crippen LogP contribution in [0.3, 0.4) is 0 Å². The lowest BCUT2D eigenvalue weighted by atomic mass is 10.1. The van der Waals surface area contributed by atoms with Gasteiger partial charge in [0.1, 0.15) is 11.1 Å². The highest BCUT2D eigenvalue weighted by atomic mass is 32.2. The van der Waals surface area contributed by atoms with E-state index in [4.69, 9.17) is 9.47 Å². The first-order valence-corrected chi connectivity index (χ1v) is 11.2. The lowest BCUT2D eigenvalue weighted by Gasteiger charge is -2.27. The molecule has 1 saturated heterocycles. The topological polar surface area (TPSA) is 59.1 Å². The Morgan fingerprint density at radius 3 is 2.63 bits per heavy atom. The lowest BCUT2D eigenvalue weighted by molar-refractivity contribution is -0.135. The maximum absolute atomic E-state index is 12.4. The largest absolute Gasteiger partial charge is 0.493 e. The quantitative estimate of drug-likeness (QED) is 0.657. The molecule has 0 spiro atoms. The highest BCUT2D eigenvalue weighted by Crippen LogP contribution is 2.52. The Balaban J connectivity index is 1.40. The van der Waals surface area contributed by atoms with E-state index in [9.17, 15) is 9.59 Å². The van der Waals surface area contributed by atoms with Crippen molar-refractivity contribution in [3.63, 3.8) is 0 Å². The van der Waals surface area contributed by atoms with E-state index in [-0.39, 0.29) is 17.2 Å². The van der Waals surface area contributed by atoms with Gasteiger partial charge in [0.05, 0.1) is 25.5 Å². The summed E-state index contributed by atoms with van der Waals surface area (Å²) in [6, 6.07) is 15.8. The number of thioether (sulfide) groups is 1. The molecule has 2 heterocycles. The van der Waals surface area contributed by atoms with Gasteiger partial charge in [-0.1, -0.05) is 42.1 Å². The molecule has 2 aliphatic heterocycles. The summed E-state index contributed by atoms with van der Waals surface area (Å²) in [6.07, 6.45) is 1.12. The van der Waals surface area contributed by atoms with Crippen LogP contribution >= 0.6 is 11.8 Å². The molecule has 6 nitrogen and oxygen atoms in total. The highest BCUT2D eigenvalue weighted by molar-refractivity contribution is 8.00. The first-order valence-electron chi connectivity index (χ1n) is 10.3. The van der Waals surface area contributed by atoms with E-state index in [2.05, 4.69) is 0 Å². The smallest absolute Gasteiger partial charge is 0.225 e. The van der Waals surface area contributed by atoms with Crippen LogP contribution in [0.2, 0.25) is 0 Å². The van der Waals surface area contributed by atoms with E-state index in [1.807, 2.05) is 58.3 Å². The van der Waals surface area contributed by atoms with Crippen LogP contribution in [-0.2, 0) is 14.3 Å². The van der Waals surface area contributed by atoms with Gasteiger partial charge in [-0.05, 0) is 24.6 Å². The number of nitrogens with zero attached hydrogens (tertiary/aromatic N) is 2. The predicted molar refractivity (Wildman–Crippen MR) is 117 cm³/mol. The molecule has 2 aromatic carbocycles. The van der Waals surface area contributed by atoms with Crippen LogP contribution in [0.5, 0.6) is 5.75 Å². The summed E-state index contributed by atoms with van der Waals surface area (Å²) in [5.74, 6) is 0.913. The minimum Gasteiger partial charge on any atom is -0.493 e. The van der Waals surface area contributed by atoms with Crippen LogP contribution in [0.1, 0.15) is 30.7 Å². The van der Waals surface area contributed by atoms with Crippen molar-refractivity contribution in [3.05, 3.63) is 54.1 Å². The van der Waals surface area contributed by atoms with Crippen LogP contribution in [0.25, 0.3) is 0 Å². The minimum absolute atomic E-state index is 0.00311. The van der Waals surface area contributed by atoms with Crippen LogP contribution in [0.15, 0.2) is 53.4 Å². The molecule has 2 aliphatic rings. The summed E-state index contributed by atoms with van der Waals surface area (Å²) in [5, 5.41) is -0.161. The van der Waals surface area contributed by atoms with Crippen molar-refractivity contribution in [2.45, 2.75) is 30.0 Å². The van der Waals surface area contributed by atoms with Gasteiger partial charge in [-0.3, -0.25) is 14.5 Å². The van der Waals surface area contributed by atoms with Gasteiger partial charge in [-0.2, -0.15) is 0 Å². The van der Waals surface area contributed by atoms with E-state index in [0.29, 0.717) is 45.8 Å². The zero-order chi connectivity index (χ0) is 20.9. The maximum Gasteiger partial charge on any atom is 0.225 e. The van der Waals surface area contributed by atoms with Gasteiger partial charge in [0.2, 0.25) is 11.8 Å². The van der Waals surface area contributed by atoms with E-state index in [1.54, 1.807) is 18.7 Å². The number of rotatable bonds is 6. The summed E-state index contributed by atoms with van der Waals surface area (Å²) < 4.78 is 11.4. The van der Waals surface area contributed by atoms with Crippen LogP contribution in [0.4, 0.5) is 5.69 Å². The SMILES string of the molecule is CC(=O)N1c2ccccc2SC1c1ccccc1OCCCC(=O)N1CCOCC1. The lowest BCUT2D eigenvalue weighted by Crippen LogP contribution is -2.40. The normalized spacial score (nSPS) is 18.2. The molecule has 0 saturated carbocycles. The number of benzene rings is 2. The van der Waals surface area contributed by atoms with Crippen molar-refractivity contribution in [1.82, 2.24) is 4.90 Å². The van der Waals surface area contributed by atoms with Gasteiger partial charge in [-0.25, -0.2) is 0 Å². The molecule has 1 fully saturated rings. The Labute approximate surface area is 181 Å². The number of ether oxygens (including phenoxy) is 2.